The Balaban J connectivity index is 3.08. The molecule has 50 valence electrons. The molecule has 3 nitrogen and oxygen atoms in total. The standard InChI is InChI=1S/C5H8N2OS/c1-6(2)7-3-4-9-5(7)8/h3-4H,1-2H3. The molecule has 0 aliphatic carbocycles. The zero-order valence-electron chi connectivity index (χ0n) is 5.37. The van der Waals surface area contributed by atoms with Crippen LogP contribution in [0, 0.1) is 0 Å². The SMILES string of the molecule is CN(C)n1ccsc1=O. The monoisotopic (exact) mass is 144 g/mol. The van der Waals surface area contributed by atoms with Crippen molar-refractivity contribution < 1.29 is 0 Å². The van der Waals surface area contributed by atoms with Gasteiger partial charge in [0.25, 0.3) is 0 Å². The third-order valence-electron chi connectivity index (χ3n) is 0.989. The van der Waals surface area contributed by atoms with Crippen LogP contribution in [-0.2, 0) is 0 Å². The predicted molar refractivity (Wildman–Crippen MR) is 38.6 cm³/mol. The van der Waals surface area contributed by atoms with E-state index >= 15 is 0 Å². The quantitative estimate of drug-likeness (QED) is 0.559. The fraction of sp³-hybridized carbons (Fsp3) is 0.400. The van der Waals surface area contributed by atoms with Gasteiger partial charge in [-0.2, -0.15) is 0 Å². The molecule has 0 fully saturated rings. The van der Waals surface area contributed by atoms with Crippen LogP contribution in [0.2, 0.25) is 0 Å². The van der Waals surface area contributed by atoms with E-state index in [2.05, 4.69) is 0 Å². The number of thiazole rings is 1. The second-order valence-electron chi connectivity index (χ2n) is 1.86. The molecule has 0 aliphatic heterocycles. The third kappa shape index (κ3) is 1.13. The van der Waals surface area contributed by atoms with E-state index in [-0.39, 0.29) is 4.87 Å². The maximum Gasteiger partial charge on any atom is 0.325 e. The van der Waals surface area contributed by atoms with Crippen LogP contribution in [0.25, 0.3) is 0 Å². The van der Waals surface area contributed by atoms with Crippen molar-refractivity contribution in [3.8, 4) is 0 Å². The fourth-order valence-electron chi connectivity index (χ4n) is 0.558. The summed E-state index contributed by atoms with van der Waals surface area (Å²) >= 11 is 1.20. The summed E-state index contributed by atoms with van der Waals surface area (Å²) in [5.41, 5.74) is 0. The van der Waals surface area contributed by atoms with Gasteiger partial charge in [-0.3, -0.25) is 4.79 Å². The first-order chi connectivity index (χ1) is 4.22. The molecule has 0 aromatic carbocycles. The van der Waals surface area contributed by atoms with Crippen LogP contribution in [0.5, 0.6) is 0 Å². The Labute approximate surface area is 57.1 Å². The summed E-state index contributed by atoms with van der Waals surface area (Å²) in [6.07, 6.45) is 1.74. The molecular formula is C5H8N2OS. The highest BCUT2D eigenvalue weighted by Crippen LogP contribution is 1.86. The van der Waals surface area contributed by atoms with Gasteiger partial charge in [-0.1, -0.05) is 11.3 Å². The molecule has 0 amide bonds. The van der Waals surface area contributed by atoms with Gasteiger partial charge in [0, 0.05) is 25.7 Å². The zero-order valence-corrected chi connectivity index (χ0v) is 6.18. The van der Waals surface area contributed by atoms with Crippen molar-refractivity contribution in [3.05, 3.63) is 21.2 Å². The van der Waals surface area contributed by atoms with Gasteiger partial charge in [0.05, 0.1) is 0 Å². The van der Waals surface area contributed by atoms with Gasteiger partial charge >= 0.3 is 4.87 Å². The summed E-state index contributed by atoms with van der Waals surface area (Å²) in [6, 6.07) is 0. The number of hydrogen-bond donors (Lipinski definition) is 0. The summed E-state index contributed by atoms with van der Waals surface area (Å²) in [5, 5.41) is 3.50. The van der Waals surface area contributed by atoms with E-state index in [9.17, 15) is 4.79 Å². The average molecular weight is 144 g/mol. The van der Waals surface area contributed by atoms with Crippen molar-refractivity contribution in [2.45, 2.75) is 0 Å². The predicted octanol–water partition coefficient (Wildman–Crippen LogP) is 0.107. The minimum Gasteiger partial charge on any atom is -0.316 e. The molecule has 0 unspecified atom stereocenters. The number of hydrogen-bond acceptors (Lipinski definition) is 3. The van der Waals surface area contributed by atoms with E-state index in [1.807, 2.05) is 14.1 Å². The molecule has 4 heteroatoms. The van der Waals surface area contributed by atoms with Crippen LogP contribution in [0.4, 0.5) is 0 Å². The molecule has 0 N–H and O–H groups in total. The van der Waals surface area contributed by atoms with E-state index in [1.54, 1.807) is 21.3 Å². The lowest BCUT2D eigenvalue weighted by atomic mass is 10.9. The summed E-state index contributed by atoms with van der Waals surface area (Å²) in [6.45, 7) is 0. The first-order valence-electron chi connectivity index (χ1n) is 2.55. The van der Waals surface area contributed by atoms with Crippen LogP contribution < -0.4 is 9.88 Å². The summed E-state index contributed by atoms with van der Waals surface area (Å²) in [7, 11) is 3.66. The van der Waals surface area contributed by atoms with Crippen molar-refractivity contribution in [3.63, 3.8) is 0 Å². The lowest BCUT2D eigenvalue weighted by molar-refractivity contribution is 0.719. The maximum absolute atomic E-state index is 10.8. The first-order valence-corrected chi connectivity index (χ1v) is 3.43. The van der Waals surface area contributed by atoms with Gasteiger partial charge < -0.3 is 5.01 Å². The highest BCUT2D eigenvalue weighted by atomic mass is 32.1. The molecule has 1 heterocycles. The van der Waals surface area contributed by atoms with Crippen molar-refractivity contribution in [1.29, 1.82) is 0 Å². The minimum atomic E-state index is 0.0556. The highest BCUT2D eigenvalue weighted by Gasteiger charge is 1.94. The van der Waals surface area contributed by atoms with Crippen molar-refractivity contribution in [2.24, 2.45) is 0 Å². The third-order valence-corrected chi connectivity index (χ3v) is 1.64. The lowest BCUT2D eigenvalue weighted by Gasteiger charge is -2.10. The lowest BCUT2D eigenvalue weighted by Crippen LogP contribution is -2.31. The van der Waals surface area contributed by atoms with E-state index in [4.69, 9.17) is 0 Å². The maximum atomic E-state index is 10.8. The van der Waals surface area contributed by atoms with Gasteiger partial charge in [-0.25, -0.2) is 4.68 Å². The Morgan fingerprint density at radius 2 is 2.33 bits per heavy atom. The molecule has 0 aliphatic rings. The summed E-state index contributed by atoms with van der Waals surface area (Å²) in [5.74, 6) is 0. The summed E-state index contributed by atoms with van der Waals surface area (Å²) < 4.78 is 1.55. The molecule has 0 spiro atoms. The van der Waals surface area contributed by atoms with Crippen molar-refractivity contribution in [1.82, 2.24) is 4.68 Å². The van der Waals surface area contributed by atoms with E-state index in [1.165, 1.54) is 11.3 Å². The topological polar surface area (TPSA) is 25.2 Å². The zero-order chi connectivity index (χ0) is 6.85. The molecule has 0 radical (unpaired) electrons. The molecule has 0 saturated heterocycles. The van der Waals surface area contributed by atoms with Gasteiger partial charge in [0.2, 0.25) is 0 Å². The average Bonchev–Trinajstić information content (AvgIpc) is 2.13. The minimum absolute atomic E-state index is 0.0556. The van der Waals surface area contributed by atoms with E-state index in [0.29, 0.717) is 0 Å². The van der Waals surface area contributed by atoms with Crippen molar-refractivity contribution >= 4 is 11.3 Å². The Kier molecular flexibility index (Phi) is 1.57. The van der Waals surface area contributed by atoms with Crippen LogP contribution in [0.15, 0.2) is 16.4 Å². The van der Waals surface area contributed by atoms with E-state index in [0.717, 1.165) is 0 Å². The molecule has 1 rings (SSSR count). The molecule has 0 atom stereocenters. The Bertz CT molecular complexity index is 237. The van der Waals surface area contributed by atoms with Crippen LogP contribution >= 0.6 is 11.3 Å². The normalized spacial score (nSPS) is 9.56. The van der Waals surface area contributed by atoms with Crippen LogP contribution in [0.3, 0.4) is 0 Å². The smallest absolute Gasteiger partial charge is 0.316 e. The molecule has 0 bridgehead atoms. The molecule has 1 aromatic heterocycles. The largest absolute Gasteiger partial charge is 0.325 e. The highest BCUT2D eigenvalue weighted by molar-refractivity contribution is 7.07. The number of nitrogens with zero attached hydrogens (tertiary/aromatic N) is 2. The van der Waals surface area contributed by atoms with Gasteiger partial charge in [0.1, 0.15) is 0 Å². The second-order valence-corrected chi connectivity index (χ2v) is 2.72. The Hall–Kier alpha value is -0.770. The molecule has 9 heavy (non-hydrogen) atoms. The molecular weight excluding hydrogens is 136 g/mol. The second kappa shape index (κ2) is 2.23. The van der Waals surface area contributed by atoms with Gasteiger partial charge in [0.15, 0.2) is 0 Å². The van der Waals surface area contributed by atoms with Crippen molar-refractivity contribution in [2.75, 3.05) is 19.1 Å². The van der Waals surface area contributed by atoms with Gasteiger partial charge in [-0.05, 0) is 0 Å². The van der Waals surface area contributed by atoms with E-state index < -0.39 is 0 Å². The summed E-state index contributed by atoms with van der Waals surface area (Å²) in [4.78, 5) is 10.9. The fourth-order valence-corrected chi connectivity index (χ4v) is 1.18. The van der Waals surface area contributed by atoms with Crippen LogP contribution in [-0.4, -0.2) is 18.8 Å². The number of aromatic nitrogens is 1. The first kappa shape index (κ1) is 6.35. The Morgan fingerprint density at radius 1 is 1.67 bits per heavy atom. The number of rotatable bonds is 1. The Morgan fingerprint density at radius 3 is 2.56 bits per heavy atom. The van der Waals surface area contributed by atoms with Crippen LogP contribution in [0.1, 0.15) is 0 Å². The van der Waals surface area contributed by atoms with Gasteiger partial charge in [-0.15, -0.1) is 0 Å². The molecule has 1 aromatic rings. The molecule has 0 saturated carbocycles.